The number of hydrogen-bond donors (Lipinski definition) is 2. The van der Waals surface area contributed by atoms with Crippen LogP contribution in [0.5, 0.6) is 5.75 Å². The molecule has 2 N–H and O–H groups in total. The highest BCUT2D eigenvalue weighted by Crippen LogP contribution is 2.64. The smallest absolute Gasteiger partial charge is 0.260 e. The highest BCUT2D eigenvalue weighted by atomic mass is 16.3. The molecule has 3 fully saturated rings. The number of allylic oxidation sites excluding steroid dienone is 2. The third kappa shape index (κ3) is 4.21. The van der Waals surface area contributed by atoms with Crippen molar-refractivity contribution in [2.24, 2.45) is 23.7 Å². The molecule has 48 heavy (non-hydrogen) atoms. The monoisotopic (exact) mass is 637 g/mol. The first-order valence-corrected chi connectivity index (χ1v) is 16.4. The molecule has 2 heterocycles. The third-order valence-corrected chi connectivity index (χ3v) is 11.0. The van der Waals surface area contributed by atoms with Crippen molar-refractivity contribution in [2.45, 2.75) is 38.0 Å². The summed E-state index contributed by atoms with van der Waals surface area (Å²) in [4.78, 5) is 59.4. The lowest BCUT2D eigenvalue weighted by Crippen LogP contribution is -2.53. The number of carbonyl (C=O) groups is 4. The fourth-order valence-corrected chi connectivity index (χ4v) is 8.81. The van der Waals surface area contributed by atoms with Crippen LogP contribution in [0.3, 0.4) is 0 Å². The number of amides is 4. The normalized spacial score (nSPS) is 27.8. The van der Waals surface area contributed by atoms with Gasteiger partial charge in [0.15, 0.2) is 0 Å². The van der Waals surface area contributed by atoms with Crippen molar-refractivity contribution in [3.05, 3.63) is 137 Å². The lowest BCUT2D eigenvalue weighted by Gasteiger charge is -2.50. The number of para-hydroxylation sites is 1. The molecular formula is C40H35N3O5. The van der Waals surface area contributed by atoms with Gasteiger partial charge >= 0.3 is 0 Å². The van der Waals surface area contributed by atoms with E-state index in [2.05, 4.69) is 5.43 Å². The van der Waals surface area contributed by atoms with Gasteiger partial charge in [-0.3, -0.25) is 29.5 Å². The molecule has 2 saturated heterocycles. The molecule has 6 unspecified atom stereocenters. The maximum atomic E-state index is 15.2. The molecule has 0 aromatic heterocycles. The van der Waals surface area contributed by atoms with Crippen molar-refractivity contribution in [2.75, 3.05) is 10.3 Å². The van der Waals surface area contributed by atoms with Crippen molar-refractivity contribution in [1.29, 1.82) is 0 Å². The van der Waals surface area contributed by atoms with Crippen LogP contribution in [-0.2, 0) is 24.6 Å². The van der Waals surface area contributed by atoms with Gasteiger partial charge in [-0.25, -0.2) is 0 Å². The van der Waals surface area contributed by atoms with E-state index in [1.54, 1.807) is 37.3 Å². The molecule has 4 aromatic rings. The molecule has 6 atom stereocenters. The van der Waals surface area contributed by atoms with Crippen molar-refractivity contribution in [3.8, 4) is 5.75 Å². The van der Waals surface area contributed by atoms with Crippen LogP contribution in [0.4, 0.5) is 11.4 Å². The second-order valence-corrected chi connectivity index (χ2v) is 13.5. The number of phenols is 1. The minimum absolute atomic E-state index is 0.126. The summed E-state index contributed by atoms with van der Waals surface area (Å²) in [6.07, 6.45) is 2.63. The number of rotatable bonds is 5. The highest BCUT2D eigenvalue weighted by molar-refractivity contribution is 6.22. The van der Waals surface area contributed by atoms with Gasteiger partial charge in [-0.2, -0.15) is 5.01 Å². The van der Waals surface area contributed by atoms with Gasteiger partial charge in [-0.15, -0.1) is 0 Å². The molecule has 8 heteroatoms. The number of fused-ring (bicyclic) bond motifs is 4. The second kappa shape index (κ2) is 11.0. The van der Waals surface area contributed by atoms with Gasteiger partial charge in [0.05, 0.1) is 34.5 Å². The fraction of sp³-hybridized carbons (Fsp3) is 0.250. The maximum Gasteiger partial charge on any atom is 0.260 e. The van der Waals surface area contributed by atoms with E-state index in [1.165, 1.54) is 4.90 Å². The van der Waals surface area contributed by atoms with Gasteiger partial charge in [0.25, 0.3) is 11.8 Å². The molecule has 0 bridgehead atoms. The van der Waals surface area contributed by atoms with Crippen molar-refractivity contribution < 1.29 is 24.3 Å². The molecule has 8 rings (SSSR count). The van der Waals surface area contributed by atoms with Crippen LogP contribution in [0, 0.1) is 37.5 Å². The summed E-state index contributed by atoms with van der Waals surface area (Å²) in [5.41, 5.74) is 6.96. The Morgan fingerprint density at radius 2 is 1.46 bits per heavy atom. The first-order valence-electron chi connectivity index (χ1n) is 16.4. The Morgan fingerprint density at radius 3 is 2.15 bits per heavy atom. The van der Waals surface area contributed by atoms with Gasteiger partial charge in [0.2, 0.25) is 11.8 Å². The van der Waals surface area contributed by atoms with Gasteiger partial charge in [-0.05, 0) is 79.6 Å². The predicted octanol–water partition coefficient (Wildman–Crippen LogP) is 6.20. The fourth-order valence-electron chi connectivity index (χ4n) is 8.81. The summed E-state index contributed by atoms with van der Waals surface area (Å²) in [6.45, 7) is 3.77. The first-order chi connectivity index (χ1) is 23.2. The minimum atomic E-state index is -1.35. The minimum Gasteiger partial charge on any atom is -0.508 e. The molecule has 4 aliphatic rings. The van der Waals surface area contributed by atoms with E-state index in [0.717, 1.165) is 21.7 Å². The summed E-state index contributed by atoms with van der Waals surface area (Å²) in [7, 11) is 0. The first kappa shape index (κ1) is 29.9. The lowest BCUT2D eigenvalue weighted by atomic mass is 9.49. The number of hydrazine groups is 1. The number of nitrogens with one attached hydrogen (secondary N) is 1. The van der Waals surface area contributed by atoms with Crippen LogP contribution in [0.2, 0.25) is 0 Å². The SMILES string of the molecule is Cc1ccc(NN2C(=O)C3CC4C(=CCC5C(=O)N(c6ccccc6)C(=O)C54)C(c4ccc(O)c(C)c4)C3(c3ccccc3)C2=O)cc1. The number of hydrogen-bond acceptors (Lipinski definition) is 6. The predicted molar refractivity (Wildman–Crippen MR) is 181 cm³/mol. The van der Waals surface area contributed by atoms with E-state index in [9.17, 15) is 19.5 Å². The van der Waals surface area contributed by atoms with Crippen LogP contribution in [0.15, 0.2) is 115 Å². The quantitative estimate of drug-likeness (QED) is 0.200. The summed E-state index contributed by atoms with van der Waals surface area (Å²) in [6, 6.07) is 31.2. The van der Waals surface area contributed by atoms with Crippen LogP contribution >= 0.6 is 0 Å². The van der Waals surface area contributed by atoms with E-state index in [0.29, 0.717) is 28.9 Å². The molecule has 4 aromatic carbocycles. The molecule has 2 aliphatic carbocycles. The van der Waals surface area contributed by atoms with E-state index in [1.807, 2.05) is 85.8 Å². The Bertz CT molecular complexity index is 2010. The summed E-state index contributed by atoms with van der Waals surface area (Å²) in [5.74, 6) is -4.29. The Hall–Kier alpha value is -5.50. The zero-order chi connectivity index (χ0) is 33.3. The zero-order valence-corrected chi connectivity index (χ0v) is 26.7. The van der Waals surface area contributed by atoms with Crippen molar-refractivity contribution in [3.63, 3.8) is 0 Å². The lowest BCUT2D eigenvalue weighted by molar-refractivity contribution is -0.138. The number of aryl methyl sites for hydroxylation is 2. The van der Waals surface area contributed by atoms with Crippen LogP contribution < -0.4 is 10.3 Å². The third-order valence-electron chi connectivity index (χ3n) is 11.0. The topological polar surface area (TPSA) is 107 Å². The summed E-state index contributed by atoms with van der Waals surface area (Å²) in [5, 5.41) is 11.7. The number of imide groups is 2. The van der Waals surface area contributed by atoms with Gasteiger partial charge in [0, 0.05) is 5.92 Å². The van der Waals surface area contributed by atoms with Crippen molar-refractivity contribution >= 4 is 35.0 Å². The number of benzene rings is 4. The Labute approximate surface area is 278 Å². The number of phenolic OH excluding ortho intramolecular Hbond substituents is 1. The van der Waals surface area contributed by atoms with Crippen LogP contribution in [0.25, 0.3) is 0 Å². The molecular weight excluding hydrogens is 602 g/mol. The molecule has 2 aliphatic heterocycles. The Morgan fingerprint density at radius 1 is 0.771 bits per heavy atom. The van der Waals surface area contributed by atoms with Crippen LogP contribution in [-0.4, -0.2) is 33.7 Å². The molecule has 240 valence electrons. The van der Waals surface area contributed by atoms with Crippen molar-refractivity contribution in [1.82, 2.24) is 5.01 Å². The average Bonchev–Trinajstić information content (AvgIpc) is 3.48. The average molecular weight is 638 g/mol. The van der Waals surface area contributed by atoms with E-state index >= 15 is 4.79 Å². The van der Waals surface area contributed by atoms with Gasteiger partial charge < -0.3 is 5.11 Å². The highest BCUT2D eigenvalue weighted by Gasteiger charge is 2.70. The maximum absolute atomic E-state index is 15.2. The van der Waals surface area contributed by atoms with E-state index < -0.39 is 35.0 Å². The number of carbonyl (C=O) groups excluding carboxylic acids is 4. The van der Waals surface area contributed by atoms with E-state index in [4.69, 9.17) is 0 Å². The Balaban J connectivity index is 1.33. The van der Waals surface area contributed by atoms with Gasteiger partial charge in [0.1, 0.15) is 5.75 Å². The van der Waals surface area contributed by atoms with Gasteiger partial charge in [-0.1, -0.05) is 90.0 Å². The summed E-state index contributed by atoms with van der Waals surface area (Å²) < 4.78 is 0. The molecule has 4 amide bonds. The van der Waals surface area contributed by atoms with E-state index in [-0.39, 0.29) is 35.8 Å². The standard InChI is InChI=1S/C40H35N3O5/c1-23-13-16-27(17-14-23)41-43-37(46)32-22-31-29(18-19-30-34(31)38(47)42(36(30)45)28-11-7-4-8-12-28)35(25-15-20-33(44)24(2)21-25)40(32,39(43)48)26-9-5-3-6-10-26/h3-18,20-21,30-32,34-35,41,44H,19,22H2,1-2H3. The second-order valence-electron chi connectivity index (χ2n) is 13.5. The molecule has 8 nitrogen and oxygen atoms in total. The number of anilines is 2. The molecule has 0 spiro atoms. The Kier molecular flexibility index (Phi) is 6.87. The molecule has 1 saturated carbocycles. The largest absolute Gasteiger partial charge is 0.508 e. The number of aromatic hydroxyl groups is 1. The summed E-state index contributed by atoms with van der Waals surface area (Å²) >= 11 is 0. The zero-order valence-electron chi connectivity index (χ0n) is 26.7. The molecule has 0 radical (unpaired) electrons. The van der Waals surface area contributed by atoms with Crippen LogP contribution in [0.1, 0.15) is 41.0 Å². The number of nitrogens with zero attached hydrogens (tertiary/aromatic N) is 2.